The van der Waals surface area contributed by atoms with Gasteiger partial charge in [-0.3, -0.25) is 9.59 Å². The molecule has 214 valence electrons. The molecular weight excluding hydrogens is 557 g/mol. The van der Waals surface area contributed by atoms with E-state index in [1.165, 1.54) is 70.0 Å². The molecule has 0 fully saturated rings. The average molecular weight is 583 g/mol. The number of amides is 1. The molecule has 0 aliphatic rings. The Kier molecular flexibility index (Phi) is 10.2. The summed E-state index contributed by atoms with van der Waals surface area (Å²) in [5.74, 6) is -2.51. The van der Waals surface area contributed by atoms with Gasteiger partial charge in [0.25, 0.3) is 5.56 Å². The number of pyridine rings is 1. The molecular formula is C27H26ClF3N2O7. The second kappa shape index (κ2) is 13.4. The number of aromatic amines is 1. The highest BCUT2D eigenvalue weighted by atomic mass is 35.5. The van der Waals surface area contributed by atoms with Gasteiger partial charge in [0.15, 0.2) is 6.61 Å². The number of benzene rings is 2. The topological polar surface area (TPSA) is 116 Å². The monoisotopic (exact) mass is 582 g/mol. The maximum Gasteiger partial charge on any atom is 0.422 e. The van der Waals surface area contributed by atoms with Crippen LogP contribution in [0, 0.1) is 0 Å². The molecule has 2 aromatic carbocycles. The Hall–Kier alpha value is -4.03. The van der Waals surface area contributed by atoms with Gasteiger partial charge in [-0.25, -0.2) is 4.79 Å². The minimum Gasteiger partial charge on any atom is -0.495 e. The first-order valence-corrected chi connectivity index (χ1v) is 12.1. The first-order chi connectivity index (χ1) is 19.0. The fourth-order valence-corrected chi connectivity index (χ4v) is 4.13. The van der Waals surface area contributed by atoms with E-state index in [4.69, 9.17) is 25.8 Å². The highest BCUT2D eigenvalue weighted by Gasteiger charge is 2.32. The summed E-state index contributed by atoms with van der Waals surface area (Å²) < 4.78 is 59.3. The maximum absolute atomic E-state index is 13.6. The Bertz CT molecular complexity index is 1410. The van der Waals surface area contributed by atoms with Crippen molar-refractivity contribution in [1.29, 1.82) is 0 Å². The number of carbonyl (C=O) groups is 2. The lowest BCUT2D eigenvalue weighted by Gasteiger charge is -2.22. The Morgan fingerprint density at radius 3 is 2.35 bits per heavy atom. The second-order valence-corrected chi connectivity index (χ2v) is 8.85. The van der Waals surface area contributed by atoms with Crippen LogP contribution in [0.2, 0.25) is 5.02 Å². The highest BCUT2D eigenvalue weighted by Crippen LogP contribution is 2.42. The van der Waals surface area contributed by atoms with Crippen LogP contribution in [0.5, 0.6) is 11.5 Å². The summed E-state index contributed by atoms with van der Waals surface area (Å²) in [5.41, 5.74) is -0.155. The first-order valence-electron chi connectivity index (χ1n) is 11.8. The van der Waals surface area contributed by atoms with Crippen LogP contribution in [0.3, 0.4) is 0 Å². The number of halogens is 4. The number of carbonyl (C=O) groups excluding carboxylic acids is 2. The van der Waals surface area contributed by atoms with Gasteiger partial charge in [0.05, 0.1) is 25.7 Å². The Balaban J connectivity index is 2.14. The van der Waals surface area contributed by atoms with Crippen LogP contribution < -0.4 is 20.3 Å². The van der Waals surface area contributed by atoms with Gasteiger partial charge in [-0.2, -0.15) is 13.2 Å². The molecule has 0 saturated carbocycles. The standard InChI is InChI=1S/C27H26ClF3N2O7/c1-37-11-10-18(24(34)33-17-7-4-15(5-8-17)26(36)39-3)23-22(21(38-2)13-32-25(23)35)19-12-16(28)6-9-20(19)40-14-27(29,30)31/h4-9,12-13,18H,10-11,14H2,1-3H3,(H,32,35)(H,33,34). The molecule has 0 radical (unpaired) electrons. The van der Waals surface area contributed by atoms with Crippen LogP contribution in [0.4, 0.5) is 18.9 Å². The molecule has 1 amide bonds. The largest absolute Gasteiger partial charge is 0.495 e. The van der Waals surface area contributed by atoms with Gasteiger partial charge in [-0.1, -0.05) is 11.6 Å². The molecule has 3 aromatic rings. The van der Waals surface area contributed by atoms with Gasteiger partial charge in [-0.05, 0) is 48.9 Å². The zero-order valence-corrected chi connectivity index (χ0v) is 22.4. The zero-order valence-electron chi connectivity index (χ0n) is 21.7. The maximum atomic E-state index is 13.6. The first kappa shape index (κ1) is 30.5. The van der Waals surface area contributed by atoms with Gasteiger partial charge in [0.1, 0.15) is 11.5 Å². The van der Waals surface area contributed by atoms with Crippen molar-refractivity contribution in [2.75, 3.05) is 39.9 Å². The highest BCUT2D eigenvalue weighted by molar-refractivity contribution is 6.31. The van der Waals surface area contributed by atoms with Gasteiger partial charge >= 0.3 is 12.1 Å². The Labute approximate surface area is 232 Å². The molecule has 40 heavy (non-hydrogen) atoms. The molecule has 9 nitrogen and oxygen atoms in total. The molecule has 0 aliphatic heterocycles. The molecule has 1 unspecified atom stereocenters. The van der Waals surface area contributed by atoms with Crippen molar-refractivity contribution >= 4 is 29.2 Å². The molecule has 3 rings (SSSR count). The van der Waals surface area contributed by atoms with Crippen molar-refractivity contribution in [3.8, 4) is 22.6 Å². The normalized spacial score (nSPS) is 12.0. The molecule has 0 saturated heterocycles. The number of aromatic nitrogens is 1. The number of hydrogen-bond acceptors (Lipinski definition) is 7. The van der Waals surface area contributed by atoms with E-state index in [9.17, 15) is 27.6 Å². The fraction of sp³-hybridized carbons (Fsp3) is 0.296. The predicted octanol–water partition coefficient (Wildman–Crippen LogP) is 5.19. The SMILES string of the molecule is COCCC(C(=O)Nc1ccc(C(=O)OC)cc1)c1c(-c2cc(Cl)ccc2OCC(F)(F)F)c(OC)c[nH]c1=O. The number of hydrogen-bond donors (Lipinski definition) is 2. The van der Waals surface area contributed by atoms with Crippen molar-refractivity contribution in [2.24, 2.45) is 0 Å². The Morgan fingerprint density at radius 2 is 1.75 bits per heavy atom. The van der Waals surface area contributed by atoms with Gasteiger partial charge in [-0.15, -0.1) is 0 Å². The number of alkyl halides is 3. The lowest BCUT2D eigenvalue weighted by Crippen LogP contribution is -2.29. The summed E-state index contributed by atoms with van der Waals surface area (Å²) in [4.78, 5) is 41.1. The molecule has 2 N–H and O–H groups in total. The number of nitrogens with one attached hydrogen (secondary N) is 2. The van der Waals surface area contributed by atoms with Crippen LogP contribution in [0.15, 0.2) is 53.5 Å². The van der Waals surface area contributed by atoms with E-state index >= 15 is 0 Å². The number of esters is 1. The molecule has 0 aliphatic carbocycles. The van der Waals surface area contributed by atoms with Crippen LogP contribution in [0.25, 0.3) is 11.1 Å². The van der Waals surface area contributed by atoms with Crippen LogP contribution >= 0.6 is 11.6 Å². The summed E-state index contributed by atoms with van der Waals surface area (Å²) in [6, 6.07) is 9.76. The molecule has 1 heterocycles. The minimum absolute atomic E-state index is 0.0190. The smallest absolute Gasteiger partial charge is 0.422 e. The van der Waals surface area contributed by atoms with Crippen LogP contribution in [-0.2, 0) is 14.3 Å². The summed E-state index contributed by atoms with van der Waals surface area (Å²) >= 11 is 6.19. The lowest BCUT2D eigenvalue weighted by atomic mass is 9.88. The van der Waals surface area contributed by atoms with E-state index in [0.29, 0.717) is 5.69 Å². The van der Waals surface area contributed by atoms with Gasteiger partial charge in [0, 0.05) is 47.3 Å². The van der Waals surface area contributed by atoms with Gasteiger partial charge in [0.2, 0.25) is 5.91 Å². The number of ether oxygens (including phenoxy) is 4. The second-order valence-electron chi connectivity index (χ2n) is 8.41. The number of methoxy groups -OCH3 is 3. The molecule has 1 atom stereocenters. The van der Waals surface area contributed by atoms with E-state index in [-0.39, 0.29) is 51.8 Å². The number of H-pyrrole nitrogens is 1. The minimum atomic E-state index is -4.64. The van der Waals surface area contributed by atoms with Crippen molar-refractivity contribution in [3.05, 3.63) is 75.2 Å². The molecule has 0 spiro atoms. The van der Waals surface area contributed by atoms with E-state index in [1.807, 2.05) is 0 Å². The summed E-state index contributed by atoms with van der Waals surface area (Å²) in [7, 11) is 3.95. The van der Waals surface area contributed by atoms with Crippen molar-refractivity contribution in [1.82, 2.24) is 4.98 Å². The summed E-state index contributed by atoms with van der Waals surface area (Å²) in [5, 5.41) is 2.85. The summed E-state index contributed by atoms with van der Waals surface area (Å²) in [6.07, 6.45) is -3.39. The van der Waals surface area contributed by atoms with E-state index < -0.39 is 36.1 Å². The summed E-state index contributed by atoms with van der Waals surface area (Å²) in [6.45, 7) is -1.54. The predicted molar refractivity (Wildman–Crippen MR) is 141 cm³/mol. The lowest BCUT2D eigenvalue weighted by molar-refractivity contribution is -0.153. The third-order valence-corrected chi connectivity index (χ3v) is 6.00. The molecule has 1 aromatic heterocycles. The van der Waals surface area contributed by atoms with Crippen molar-refractivity contribution in [3.63, 3.8) is 0 Å². The quantitative estimate of drug-likeness (QED) is 0.299. The van der Waals surface area contributed by atoms with Crippen LogP contribution in [0.1, 0.15) is 28.3 Å². The average Bonchev–Trinajstić information content (AvgIpc) is 2.92. The zero-order chi connectivity index (χ0) is 29.4. The van der Waals surface area contributed by atoms with Crippen molar-refractivity contribution < 1.29 is 41.7 Å². The molecule has 13 heteroatoms. The molecule has 0 bridgehead atoms. The van der Waals surface area contributed by atoms with Crippen LogP contribution in [-0.4, -0.2) is 57.6 Å². The van der Waals surface area contributed by atoms with Crippen molar-refractivity contribution in [2.45, 2.75) is 18.5 Å². The third-order valence-electron chi connectivity index (χ3n) is 5.77. The number of anilines is 1. The number of rotatable bonds is 11. The Morgan fingerprint density at radius 1 is 1.05 bits per heavy atom. The van der Waals surface area contributed by atoms with E-state index in [0.717, 1.165) is 0 Å². The van der Waals surface area contributed by atoms with Gasteiger partial charge < -0.3 is 29.2 Å². The van der Waals surface area contributed by atoms with E-state index in [2.05, 4.69) is 15.0 Å². The fourth-order valence-electron chi connectivity index (χ4n) is 3.96. The van der Waals surface area contributed by atoms with E-state index in [1.54, 1.807) is 0 Å². The third kappa shape index (κ3) is 7.54.